The molecule has 0 radical (unpaired) electrons. The summed E-state index contributed by atoms with van der Waals surface area (Å²) >= 11 is 1.35. The van der Waals surface area contributed by atoms with Gasteiger partial charge in [0, 0.05) is 17.7 Å². The molecule has 11 heteroatoms. The smallest absolute Gasteiger partial charge is 0.229 e. The van der Waals surface area contributed by atoms with Gasteiger partial charge in [0.25, 0.3) is 0 Å². The number of H-pyrrole nitrogens is 1. The number of anilines is 1. The normalized spacial score (nSPS) is 14.4. The SMILES string of the molecule is CS(=O)(=O)c1ccc(-c2cncn2-c2n[nH]c3nc(NC(=O)C4CC4)sc23)cc1. The van der Waals surface area contributed by atoms with E-state index < -0.39 is 9.84 Å². The number of rotatable bonds is 5. The van der Waals surface area contributed by atoms with Crippen LogP contribution in [0.3, 0.4) is 0 Å². The molecule has 148 valence electrons. The summed E-state index contributed by atoms with van der Waals surface area (Å²) in [7, 11) is -3.26. The predicted octanol–water partition coefficient (Wildman–Crippen LogP) is 2.62. The van der Waals surface area contributed by atoms with Gasteiger partial charge in [0.2, 0.25) is 5.91 Å². The maximum atomic E-state index is 12.0. The number of benzene rings is 1. The molecule has 1 fully saturated rings. The van der Waals surface area contributed by atoms with Gasteiger partial charge in [0.05, 0.1) is 16.8 Å². The zero-order valence-corrected chi connectivity index (χ0v) is 16.9. The quantitative estimate of drug-likeness (QED) is 0.504. The third-order valence-electron chi connectivity index (χ3n) is 4.72. The summed E-state index contributed by atoms with van der Waals surface area (Å²) < 4.78 is 26.0. The van der Waals surface area contributed by atoms with E-state index in [0.717, 1.165) is 28.8 Å². The summed E-state index contributed by atoms with van der Waals surface area (Å²) in [6, 6.07) is 6.62. The lowest BCUT2D eigenvalue weighted by Gasteiger charge is -2.06. The van der Waals surface area contributed by atoms with Crippen molar-refractivity contribution < 1.29 is 13.2 Å². The maximum absolute atomic E-state index is 12.0. The number of nitrogens with zero attached hydrogens (tertiary/aromatic N) is 4. The molecule has 3 heterocycles. The second-order valence-corrected chi connectivity index (χ2v) is 9.97. The van der Waals surface area contributed by atoms with Gasteiger partial charge >= 0.3 is 0 Å². The van der Waals surface area contributed by atoms with Crippen molar-refractivity contribution in [1.29, 1.82) is 0 Å². The molecule has 4 aromatic rings. The third-order valence-corrected chi connectivity index (χ3v) is 6.82. The van der Waals surface area contributed by atoms with Crippen LogP contribution in [-0.2, 0) is 14.6 Å². The van der Waals surface area contributed by atoms with Crippen molar-refractivity contribution in [3.8, 4) is 17.1 Å². The largest absolute Gasteiger partial charge is 0.302 e. The molecule has 0 unspecified atom stereocenters. The number of nitrogens with one attached hydrogen (secondary N) is 2. The second kappa shape index (κ2) is 6.49. The molecular formula is C18H16N6O3S2. The molecule has 0 atom stereocenters. The number of sulfone groups is 1. The van der Waals surface area contributed by atoms with Gasteiger partial charge in [-0.3, -0.25) is 14.5 Å². The zero-order chi connectivity index (χ0) is 20.2. The lowest BCUT2D eigenvalue weighted by molar-refractivity contribution is -0.117. The van der Waals surface area contributed by atoms with Crippen LogP contribution in [0, 0.1) is 5.92 Å². The van der Waals surface area contributed by atoms with Gasteiger partial charge in [-0.25, -0.2) is 18.4 Å². The van der Waals surface area contributed by atoms with Crippen LogP contribution in [0.5, 0.6) is 0 Å². The van der Waals surface area contributed by atoms with Gasteiger partial charge in [-0.2, -0.15) is 5.10 Å². The van der Waals surface area contributed by atoms with Crippen LogP contribution in [0.25, 0.3) is 27.4 Å². The van der Waals surface area contributed by atoms with Crippen molar-refractivity contribution in [1.82, 2.24) is 24.7 Å². The molecule has 29 heavy (non-hydrogen) atoms. The first-order chi connectivity index (χ1) is 13.9. The number of carbonyl (C=O) groups is 1. The minimum absolute atomic E-state index is 0.00481. The minimum Gasteiger partial charge on any atom is -0.302 e. The van der Waals surface area contributed by atoms with Crippen molar-refractivity contribution in [3.05, 3.63) is 36.8 Å². The van der Waals surface area contributed by atoms with Crippen LogP contribution in [0.15, 0.2) is 41.7 Å². The van der Waals surface area contributed by atoms with E-state index >= 15 is 0 Å². The highest BCUT2D eigenvalue weighted by atomic mass is 32.2. The first-order valence-electron chi connectivity index (χ1n) is 8.89. The number of imidazole rings is 1. The molecule has 0 spiro atoms. The third kappa shape index (κ3) is 3.32. The number of hydrogen-bond donors (Lipinski definition) is 2. The highest BCUT2D eigenvalue weighted by Gasteiger charge is 2.30. The van der Waals surface area contributed by atoms with Crippen molar-refractivity contribution in [2.45, 2.75) is 17.7 Å². The van der Waals surface area contributed by atoms with Crippen LogP contribution in [0.2, 0.25) is 0 Å². The molecule has 1 amide bonds. The highest BCUT2D eigenvalue weighted by molar-refractivity contribution is 7.90. The molecule has 9 nitrogen and oxygen atoms in total. The molecule has 3 aromatic heterocycles. The standard InChI is InChI=1S/C18H16N6O3S2/c1-29(26,27)12-6-4-10(5-7-12)13-8-19-9-24(13)16-14-15(22-23-16)20-18(28-14)21-17(25)11-2-3-11/h4-9,11H,2-3H2,1H3,(H2,20,21,22,23,25). The fourth-order valence-electron chi connectivity index (χ4n) is 3.02. The van der Waals surface area contributed by atoms with Gasteiger partial charge in [0.15, 0.2) is 26.4 Å². The molecule has 1 aliphatic carbocycles. The Morgan fingerprint density at radius 2 is 2.03 bits per heavy atom. The zero-order valence-electron chi connectivity index (χ0n) is 15.3. The van der Waals surface area contributed by atoms with E-state index in [0.29, 0.717) is 16.6 Å². The monoisotopic (exact) mass is 428 g/mol. The van der Waals surface area contributed by atoms with E-state index in [2.05, 4.69) is 25.5 Å². The number of aromatic amines is 1. The topological polar surface area (TPSA) is 123 Å². The molecule has 1 aliphatic rings. The van der Waals surface area contributed by atoms with E-state index in [1.165, 1.54) is 17.6 Å². The first kappa shape index (κ1) is 18.0. The second-order valence-electron chi connectivity index (χ2n) is 6.95. The maximum Gasteiger partial charge on any atom is 0.229 e. The Morgan fingerprint density at radius 3 is 2.72 bits per heavy atom. The van der Waals surface area contributed by atoms with Crippen LogP contribution in [-0.4, -0.2) is 45.3 Å². The molecule has 0 aliphatic heterocycles. The van der Waals surface area contributed by atoms with Crippen molar-refractivity contribution in [2.24, 2.45) is 5.92 Å². The Kier molecular flexibility index (Phi) is 4.03. The van der Waals surface area contributed by atoms with Crippen LogP contribution in [0.1, 0.15) is 12.8 Å². The molecule has 0 saturated heterocycles. The summed E-state index contributed by atoms with van der Waals surface area (Å²) in [5.41, 5.74) is 2.15. The molecule has 1 aromatic carbocycles. The first-order valence-corrected chi connectivity index (χ1v) is 11.6. The average molecular weight is 428 g/mol. The molecule has 5 rings (SSSR count). The fourth-order valence-corrected chi connectivity index (χ4v) is 4.56. The summed E-state index contributed by atoms with van der Waals surface area (Å²) in [6.45, 7) is 0. The fraction of sp³-hybridized carbons (Fsp3) is 0.222. The van der Waals surface area contributed by atoms with Gasteiger partial charge in [-0.1, -0.05) is 23.5 Å². The Labute approximate surface area is 169 Å². The Morgan fingerprint density at radius 1 is 1.28 bits per heavy atom. The Balaban J connectivity index is 1.50. The number of fused-ring (bicyclic) bond motifs is 1. The summed E-state index contributed by atoms with van der Waals surface area (Å²) in [6.07, 6.45) is 6.36. The van der Waals surface area contributed by atoms with Gasteiger partial charge in [-0.05, 0) is 25.0 Å². The molecule has 2 N–H and O–H groups in total. The highest BCUT2D eigenvalue weighted by Crippen LogP contribution is 2.34. The minimum atomic E-state index is -3.26. The molecule has 1 saturated carbocycles. The summed E-state index contributed by atoms with van der Waals surface area (Å²) in [4.78, 5) is 20.9. The number of hydrogen-bond acceptors (Lipinski definition) is 7. The van der Waals surface area contributed by atoms with E-state index in [4.69, 9.17) is 0 Å². The lowest BCUT2D eigenvalue weighted by atomic mass is 10.2. The lowest BCUT2D eigenvalue weighted by Crippen LogP contribution is -2.12. The van der Waals surface area contributed by atoms with Crippen LogP contribution in [0.4, 0.5) is 5.13 Å². The Hall–Kier alpha value is -3.05. The molecule has 0 bridgehead atoms. The number of carbonyl (C=O) groups excluding carboxylic acids is 1. The van der Waals surface area contributed by atoms with Crippen LogP contribution < -0.4 is 5.32 Å². The van der Waals surface area contributed by atoms with E-state index in [1.807, 2.05) is 0 Å². The van der Waals surface area contributed by atoms with E-state index in [-0.39, 0.29) is 16.7 Å². The van der Waals surface area contributed by atoms with Crippen LogP contribution >= 0.6 is 11.3 Å². The number of thiazole rings is 1. The number of aromatic nitrogens is 5. The summed E-state index contributed by atoms with van der Waals surface area (Å²) in [5.74, 6) is 0.722. The summed E-state index contributed by atoms with van der Waals surface area (Å²) in [5, 5.41) is 10.6. The molecular weight excluding hydrogens is 412 g/mol. The van der Waals surface area contributed by atoms with Gasteiger partial charge in [0.1, 0.15) is 11.0 Å². The van der Waals surface area contributed by atoms with Crippen molar-refractivity contribution in [3.63, 3.8) is 0 Å². The van der Waals surface area contributed by atoms with Gasteiger partial charge < -0.3 is 5.32 Å². The van der Waals surface area contributed by atoms with Crippen molar-refractivity contribution >= 4 is 42.6 Å². The Bertz CT molecular complexity index is 1330. The van der Waals surface area contributed by atoms with Gasteiger partial charge in [-0.15, -0.1) is 0 Å². The van der Waals surface area contributed by atoms with E-state index in [9.17, 15) is 13.2 Å². The average Bonchev–Trinajstić information content (AvgIpc) is 3.11. The van der Waals surface area contributed by atoms with Crippen molar-refractivity contribution in [2.75, 3.05) is 11.6 Å². The van der Waals surface area contributed by atoms with E-state index in [1.54, 1.807) is 41.4 Å². The predicted molar refractivity (Wildman–Crippen MR) is 109 cm³/mol. The number of amides is 1.